The maximum atomic E-state index is 12.1. The molecule has 2 heterocycles. The highest BCUT2D eigenvalue weighted by molar-refractivity contribution is 7.91. The van der Waals surface area contributed by atoms with E-state index < -0.39 is 9.84 Å². The van der Waals surface area contributed by atoms with E-state index in [1.54, 1.807) is 18.2 Å². The zero-order chi connectivity index (χ0) is 17.7. The lowest BCUT2D eigenvalue weighted by atomic mass is 10.2. The third-order valence-corrected chi connectivity index (χ3v) is 5.45. The van der Waals surface area contributed by atoms with Crippen molar-refractivity contribution in [3.63, 3.8) is 0 Å². The fourth-order valence-electron chi connectivity index (χ4n) is 2.48. The van der Waals surface area contributed by atoms with Crippen LogP contribution in [0.5, 0.6) is 0 Å². The second-order valence-electron chi connectivity index (χ2n) is 5.55. The first kappa shape index (κ1) is 17.2. The smallest absolute Gasteiger partial charge is 0.283 e. The highest BCUT2D eigenvalue weighted by Gasteiger charge is 2.14. The molecule has 2 aromatic heterocycles. The largest absolute Gasteiger partial charge is 0.410 e. The molecule has 0 bridgehead atoms. The average Bonchev–Trinajstić information content (AvgIpc) is 2.64. The molecule has 0 saturated heterocycles. The van der Waals surface area contributed by atoms with Crippen LogP contribution < -0.4 is 10.4 Å². The molecule has 0 spiro atoms. The number of nitrogens with zero attached hydrogens (tertiary/aromatic N) is 2. The van der Waals surface area contributed by atoms with Gasteiger partial charge in [0.1, 0.15) is 6.61 Å². The van der Waals surface area contributed by atoms with Gasteiger partial charge < -0.3 is 4.84 Å². The number of pyridine rings is 2. The van der Waals surface area contributed by atoms with E-state index in [4.69, 9.17) is 4.84 Å². The summed E-state index contributed by atoms with van der Waals surface area (Å²) in [5.41, 5.74) is 0.441. The molecule has 0 aliphatic heterocycles. The molecule has 0 atom stereocenters. The maximum absolute atomic E-state index is 12.1. The van der Waals surface area contributed by atoms with Crippen molar-refractivity contribution in [2.24, 2.45) is 0 Å². The molecule has 0 amide bonds. The summed E-state index contributed by atoms with van der Waals surface area (Å²) in [7, 11) is -3.38. The summed E-state index contributed by atoms with van der Waals surface area (Å²) < 4.78 is 25.5. The van der Waals surface area contributed by atoms with Gasteiger partial charge in [-0.05, 0) is 37.1 Å². The molecule has 0 aliphatic carbocycles. The van der Waals surface area contributed by atoms with Gasteiger partial charge in [0.2, 0.25) is 0 Å². The highest BCUT2D eigenvalue weighted by atomic mass is 32.2. The zero-order valence-electron chi connectivity index (χ0n) is 13.5. The molecule has 0 N–H and O–H groups in total. The second-order valence-corrected chi connectivity index (χ2v) is 7.61. The van der Waals surface area contributed by atoms with E-state index >= 15 is 0 Å². The van der Waals surface area contributed by atoms with Gasteiger partial charge in [0.25, 0.3) is 5.56 Å². The SMILES string of the molecule is O=c1ccc2ccccc2n1OCCCCS(=O)(=O)c1ccccn1. The number of fused-ring (bicyclic) bond motifs is 1. The van der Waals surface area contributed by atoms with E-state index in [0.29, 0.717) is 18.4 Å². The fraction of sp³-hybridized carbons (Fsp3) is 0.222. The van der Waals surface area contributed by atoms with Crippen molar-refractivity contribution in [2.75, 3.05) is 12.4 Å². The first-order chi connectivity index (χ1) is 12.1. The first-order valence-electron chi connectivity index (χ1n) is 7.96. The summed E-state index contributed by atoms with van der Waals surface area (Å²) >= 11 is 0. The molecule has 6 nitrogen and oxygen atoms in total. The van der Waals surface area contributed by atoms with Crippen LogP contribution in [0.4, 0.5) is 0 Å². The minimum absolute atomic E-state index is 0.00217. The van der Waals surface area contributed by atoms with Crippen LogP contribution in [-0.2, 0) is 9.84 Å². The third-order valence-electron chi connectivity index (χ3n) is 3.75. The topological polar surface area (TPSA) is 78.3 Å². The molecular formula is C18H18N2O4S. The Kier molecular flexibility index (Phi) is 5.14. The van der Waals surface area contributed by atoms with Gasteiger partial charge in [-0.2, -0.15) is 0 Å². The molecule has 3 aromatic rings. The molecule has 0 radical (unpaired) electrons. The van der Waals surface area contributed by atoms with Gasteiger partial charge in [-0.1, -0.05) is 24.3 Å². The third kappa shape index (κ3) is 4.06. The Morgan fingerprint density at radius 2 is 1.76 bits per heavy atom. The molecule has 1 aromatic carbocycles. The summed E-state index contributed by atoms with van der Waals surface area (Å²) in [6.45, 7) is 0.256. The fourth-order valence-corrected chi connectivity index (χ4v) is 3.78. The monoisotopic (exact) mass is 358 g/mol. The van der Waals surface area contributed by atoms with Gasteiger partial charge >= 0.3 is 0 Å². The number of para-hydroxylation sites is 1. The van der Waals surface area contributed by atoms with Crippen LogP contribution in [0.3, 0.4) is 0 Å². The van der Waals surface area contributed by atoms with Gasteiger partial charge in [0.15, 0.2) is 14.9 Å². The van der Waals surface area contributed by atoms with Gasteiger partial charge in [0.05, 0.1) is 11.3 Å². The number of hydrogen-bond donors (Lipinski definition) is 0. The van der Waals surface area contributed by atoms with Crippen LogP contribution in [-0.4, -0.2) is 30.5 Å². The Hall–Kier alpha value is -2.67. The van der Waals surface area contributed by atoms with E-state index in [1.165, 1.54) is 23.1 Å². The summed E-state index contributed by atoms with van der Waals surface area (Å²) in [5.74, 6) is -0.00217. The van der Waals surface area contributed by atoms with Crippen LogP contribution >= 0.6 is 0 Å². The maximum Gasteiger partial charge on any atom is 0.283 e. The standard InChI is InChI=1S/C18H18N2O4S/c21-18-11-10-15-7-1-2-8-16(15)20(18)24-13-5-6-14-25(22,23)17-9-3-4-12-19-17/h1-4,7-12H,5-6,13-14H2. The van der Waals surface area contributed by atoms with E-state index in [9.17, 15) is 13.2 Å². The molecule has 25 heavy (non-hydrogen) atoms. The van der Waals surface area contributed by atoms with E-state index in [0.717, 1.165) is 5.39 Å². The van der Waals surface area contributed by atoms with Crippen LogP contribution in [0.1, 0.15) is 12.8 Å². The molecule has 130 valence electrons. The van der Waals surface area contributed by atoms with Crippen molar-refractivity contribution >= 4 is 20.7 Å². The summed E-state index contributed by atoms with van der Waals surface area (Å²) in [6, 6.07) is 15.4. The lowest BCUT2D eigenvalue weighted by Gasteiger charge is -2.11. The highest BCUT2D eigenvalue weighted by Crippen LogP contribution is 2.11. The first-order valence-corrected chi connectivity index (χ1v) is 9.61. The van der Waals surface area contributed by atoms with Crippen LogP contribution in [0.15, 0.2) is 70.6 Å². The summed E-state index contributed by atoms with van der Waals surface area (Å²) in [6.07, 6.45) is 2.41. The second kappa shape index (κ2) is 7.48. The predicted molar refractivity (Wildman–Crippen MR) is 95.2 cm³/mol. The molecule has 0 aliphatic rings. The minimum Gasteiger partial charge on any atom is -0.410 e. The number of unbranched alkanes of at least 4 members (excludes halogenated alkanes) is 1. The van der Waals surface area contributed by atoms with Crippen molar-refractivity contribution in [3.05, 3.63) is 71.1 Å². The quantitative estimate of drug-likeness (QED) is 0.604. The van der Waals surface area contributed by atoms with Crippen molar-refractivity contribution in [2.45, 2.75) is 17.9 Å². The molecule has 0 saturated carbocycles. The Labute approximate surface area is 145 Å². The molecule has 7 heteroatoms. The Morgan fingerprint density at radius 3 is 2.56 bits per heavy atom. The number of aromatic nitrogens is 2. The normalized spacial score (nSPS) is 11.5. The molecular weight excluding hydrogens is 340 g/mol. The van der Waals surface area contributed by atoms with Gasteiger partial charge in [0, 0.05) is 17.6 Å². The van der Waals surface area contributed by atoms with E-state index in [2.05, 4.69) is 4.98 Å². The van der Waals surface area contributed by atoms with Crippen LogP contribution in [0.2, 0.25) is 0 Å². The predicted octanol–water partition coefficient (Wildman–Crippen LogP) is 2.08. The average molecular weight is 358 g/mol. The Balaban J connectivity index is 1.58. The Morgan fingerprint density at radius 1 is 0.960 bits per heavy atom. The molecule has 0 unspecified atom stereocenters. The summed E-state index contributed by atoms with van der Waals surface area (Å²) in [4.78, 5) is 21.4. The van der Waals surface area contributed by atoms with Gasteiger partial charge in [-0.25, -0.2) is 13.4 Å². The van der Waals surface area contributed by atoms with Crippen molar-refractivity contribution in [1.82, 2.24) is 9.71 Å². The van der Waals surface area contributed by atoms with Crippen LogP contribution in [0.25, 0.3) is 10.9 Å². The number of benzene rings is 1. The van der Waals surface area contributed by atoms with Crippen molar-refractivity contribution < 1.29 is 13.3 Å². The summed E-state index contributed by atoms with van der Waals surface area (Å²) in [5, 5.41) is 0.987. The lowest BCUT2D eigenvalue weighted by molar-refractivity contribution is 0.110. The number of rotatable bonds is 7. The van der Waals surface area contributed by atoms with Gasteiger partial charge in [-0.3, -0.25) is 4.79 Å². The molecule has 0 fully saturated rings. The Bertz CT molecular complexity index is 1010. The lowest BCUT2D eigenvalue weighted by Crippen LogP contribution is -2.27. The number of sulfone groups is 1. The number of hydrogen-bond acceptors (Lipinski definition) is 5. The van der Waals surface area contributed by atoms with Crippen LogP contribution in [0, 0.1) is 0 Å². The van der Waals surface area contributed by atoms with Crippen molar-refractivity contribution in [1.29, 1.82) is 0 Å². The van der Waals surface area contributed by atoms with E-state index in [1.807, 2.05) is 24.3 Å². The van der Waals surface area contributed by atoms with Crippen molar-refractivity contribution in [3.8, 4) is 0 Å². The minimum atomic E-state index is -3.38. The van der Waals surface area contributed by atoms with Gasteiger partial charge in [-0.15, -0.1) is 4.73 Å². The van der Waals surface area contributed by atoms with E-state index in [-0.39, 0.29) is 22.9 Å². The molecule has 3 rings (SSSR count). The zero-order valence-corrected chi connectivity index (χ0v) is 14.4.